The van der Waals surface area contributed by atoms with Crippen molar-refractivity contribution in [2.45, 2.75) is 96.2 Å². The lowest BCUT2D eigenvalue weighted by Gasteiger charge is -2.39. The Balaban J connectivity index is 2.37. The zero-order valence-corrected chi connectivity index (χ0v) is 19.2. The number of carbonyl (C=O) groups is 1. The first-order valence-electron chi connectivity index (χ1n) is 9.75. The maximum absolute atomic E-state index is 13.0. The minimum absolute atomic E-state index is 0.171. The Kier molecular flexibility index (Phi) is 5.61. The van der Waals surface area contributed by atoms with Crippen LogP contribution in [0.1, 0.15) is 52.9 Å². The average Bonchev–Trinajstić information content (AvgIpc) is 2.54. The normalized spacial score (nSPS) is 29.6. The highest BCUT2D eigenvalue weighted by Crippen LogP contribution is 2.48. The van der Waals surface area contributed by atoms with Crippen LogP contribution in [0.15, 0.2) is 11.8 Å². The predicted octanol–water partition coefficient (Wildman–Crippen LogP) is 6.38. The van der Waals surface area contributed by atoms with E-state index in [1.165, 1.54) is 19.3 Å². The van der Waals surface area contributed by atoms with E-state index >= 15 is 0 Å². The molecule has 24 heavy (non-hydrogen) atoms. The van der Waals surface area contributed by atoms with Gasteiger partial charge in [0.15, 0.2) is 0 Å². The fourth-order valence-corrected chi connectivity index (χ4v) is 7.59. The summed E-state index contributed by atoms with van der Waals surface area (Å²) in [6, 6.07) is 0. The summed E-state index contributed by atoms with van der Waals surface area (Å²) in [6.07, 6.45) is 7.81. The first kappa shape index (κ1) is 20.0. The Labute approximate surface area is 151 Å². The zero-order valence-electron chi connectivity index (χ0n) is 17.2. The van der Waals surface area contributed by atoms with Gasteiger partial charge in [0.1, 0.15) is 5.78 Å². The number of rotatable bonds is 3. The Bertz CT molecular complexity index is 509. The summed E-state index contributed by atoms with van der Waals surface area (Å²) >= 11 is 0. The number of fused-ring (bicyclic) bond motifs is 1. The SMILES string of the molecule is CC(C)(C)[Si](C)(C)OC1=C[C@H]([Si](C)(C)C)[C@@H]2CCCC[C@@H]2C(=O)C1. The van der Waals surface area contributed by atoms with Crippen molar-refractivity contribution in [3.63, 3.8) is 0 Å². The van der Waals surface area contributed by atoms with Gasteiger partial charge in [-0.2, -0.15) is 0 Å². The van der Waals surface area contributed by atoms with Crippen LogP contribution in [0.25, 0.3) is 0 Å². The number of ketones is 1. The van der Waals surface area contributed by atoms with E-state index in [2.05, 4.69) is 59.6 Å². The first-order valence-corrected chi connectivity index (χ1v) is 16.2. The average molecular weight is 367 g/mol. The number of hydrogen-bond donors (Lipinski definition) is 0. The molecule has 0 amide bonds. The standard InChI is InChI=1S/C20H38O2Si2/c1-20(2,3)24(7,8)22-15-13-18(21)16-11-9-10-12-17(16)19(14-15)23(4,5)6/h14,16-17,19H,9-13H2,1-8H3/t16-,17+,19-/m0/s1. The molecule has 2 aliphatic carbocycles. The molecule has 2 rings (SSSR count). The quantitative estimate of drug-likeness (QED) is 0.542. The summed E-state index contributed by atoms with van der Waals surface area (Å²) in [6.45, 7) is 18.8. The Morgan fingerprint density at radius 2 is 1.62 bits per heavy atom. The lowest BCUT2D eigenvalue weighted by Crippen LogP contribution is -2.40. The second-order valence-electron chi connectivity index (χ2n) is 10.6. The second-order valence-corrected chi connectivity index (χ2v) is 20.7. The minimum Gasteiger partial charge on any atom is -0.546 e. The minimum atomic E-state index is -1.89. The van der Waals surface area contributed by atoms with Crippen LogP contribution in [0.2, 0.25) is 43.3 Å². The van der Waals surface area contributed by atoms with Gasteiger partial charge in [0.25, 0.3) is 0 Å². The van der Waals surface area contributed by atoms with Gasteiger partial charge in [-0.3, -0.25) is 4.79 Å². The molecule has 2 nitrogen and oxygen atoms in total. The van der Waals surface area contributed by atoms with E-state index in [9.17, 15) is 4.79 Å². The summed E-state index contributed by atoms with van der Waals surface area (Å²) in [5.41, 5.74) is 0.578. The largest absolute Gasteiger partial charge is 0.546 e. The van der Waals surface area contributed by atoms with E-state index < -0.39 is 16.4 Å². The van der Waals surface area contributed by atoms with Crippen LogP contribution in [-0.2, 0) is 9.22 Å². The third kappa shape index (κ3) is 4.24. The monoisotopic (exact) mass is 366 g/mol. The molecule has 0 aromatic carbocycles. The molecule has 138 valence electrons. The van der Waals surface area contributed by atoms with Crippen LogP contribution in [0.3, 0.4) is 0 Å². The van der Waals surface area contributed by atoms with Crippen molar-refractivity contribution in [2.75, 3.05) is 0 Å². The van der Waals surface area contributed by atoms with Crippen molar-refractivity contribution in [2.24, 2.45) is 11.8 Å². The molecule has 0 N–H and O–H groups in total. The van der Waals surface area contributed by atoms with Crippen LogP contribution >= 0.6 is 0 Å². The van der Waals surface area contributed by atoms with Crippen molar-refractivity contribution in [1.82, 2.24) is 0 Å². The third-order valence-electron chi connectivity index (χ3n) is 6.60. The van der Waals surface area contributed by atoms with Crippen molar-refractivity contribution < 1.29 is 9.22 Å². The van der Waals surface area contributed by atoms with Gasteiger partial charge >= 0.3 is 0 Å². The van der Waals surface area contributed by atoms with E-state index in [1.54, 1.807) is 0 Å². The van der Waals surface area contributed by atoms with Gasteiger partial charge in [0.05, 0.1) is 20.3 Å². The molecule has 0 spiro atoms. The van der Waals surface area contributed by atoms with Gasteiger partial charge in [-0.1, -0.05) is 53.3 Å². The highest BCUT2D eigenvalue weighted by molar-refractivity contribution is 6.78. The Morgan fingerprint density at radius 1 is 1.04 bits per heavy atom. The van der Waals surface area contributed by atoms with Crippen LogP contribution < -0.4 is 0 Å². The van der Waals surface area contributed by atoms with Gasteiger partial charge in [-0.15, -0.1) is 0 Å². The molecule has 2 aliphatic rings. The lowest BCUT2D eigenvalue weighted by atomic mass is 9.75. The van der Waals surface area contributed by atoms with Gasteiger partial charge in [0.2, 0.25) is 8.32 Å². The topological polar surface area (TPSA) is 26.3 Å². The molecule has 0 bridgehead atoms. The van der Waals surface area contributed by atoms with E-state index in [4.69, 9.17) is 4.43 Å². The van der Waals surface area contributed by atoms with E-state index in [0.717, 1.165) is 12.2 Å². The number of allylic oxidation sites excluding steroid dienone is 2. The third-order valence-corrected chi connectivity index (χ3v) is 13.6. The predicted molar refractivity (Wildman–Crippen MR) is 109 cm³/mol. The summed E-state index contributed by atoms with van der Waals surface area (Å²) in [7, 11) is -3.27. The molecular formula is C20H38O2Si2. The molecule has 0 aromatic heterocycles. The van der Waals surface area contributed by atoms with Crippen molar-refractivity contribution in [3.8, 4) is 0 Å². The van der Waals surface area contributed by atoms with Crippen molar-refractivity contribution in [3.05, 3.63) is 11.8 Å². The molecule has 0 heterocycles. The van der Waals surface area contributed by atoms with Crippen LogP contribution in [0.5, 0.6) is 0 Å². The molecule has 0 aliphatic heterocycles. The summed E-state index contributed by atoms with van der Waals surface area (Å²) in [5, 5.41) is 0.171. The Hall–Kier alpha value is -0.356. The molecule has 0 saturated heterocycles. The second kappa shape index (κ2) is 6.75. The van der Waals surface area contributed by atoms with Crippen molar-refractivity contribution in [1.29, 1.82) is 0 Å². The van der Waals surface area contributed by atoms with Crippen LogP contribution in [0, 0.1) is 11.8 Å². The fourth-order valence-electron chi connectivity index (χ4n) is 4.12. The maximum Gasteiger partial charge on any atom is 0.250 e. The van der Waals surface area contributed by atoms with E-state index in [1.807, 2.05) is 0 Å². The van der Waals surface area contributed by atoms with Gasteiger partial charge in [-0.25, -0.2) is 0 Å². The highest BCUT2D eigenvalue weighted by atomic mass is 28.4. The highest BCUT2D eigenvalue weighted by Gasteiger charge is 2.45. The van der Waals surface area contributed by atoms with Gasteiger partial charge < -0.3 is 4.43 Å². The molecule has 4 heteroatoms. The van der Waals surface area contributed by atoms with E-state index in [0.29, 0.717) is 23.7 Å². The maximum atomic E-state index is 13.0. The fraction of sp³-hybridized carbons (Fsp3) is 0.850. The molecule has 1 saturated carbocycles. The Morgan fingerprint density at radius 3 is 2.17 bits per heavy atom. The number of hydrogen-bond acceptors (Lipinski definition) is 2. The van der Waals surface area contributed by atoms with E-state index in [-0.39, 0.29) is 11.0 Å². The molecule has 0 radical (unpaired) electrons. The zero-order chi connectivity index (χ0) is 18.3. The smallest absolute Gasteiger partial charge is 0.250 e. The van der Waals surface area contributed by atoms with Gasteiger partial charge in [0, 0.05) is 5.92 Å². The molecule has 0 unspecified atom stereocenters. The lowest BCUT2D eigenvalue weighted by molar-refractivity contribution is -0.124. The van der Waals surface area contributed by atoms with Crippen molar-refractivity contribution >= 4 is 22.2 Å². The van der Waals surface area contributed by atoms with Gasteiger partial charge in [-0.05, 0) is 48.5 Å². The molecule has 3 atom stereocenters. The number of Topliss-reactive ketones (excluding diaryl/α,β-unsaturated/α-hetero) is 1. The molecule has 0 aromatic rings. The molecular weight excluding hydrogens is 328 g/mol. The molecule has 1 fully saturated rings. The van der Waals surface area contributed by atoms with Crippen LogP contribution in [-0.4, -0.2) is 22.2 Å². The summed E-state index contributed by atoms with van der Waals surface area (Å²) < 4.78 is 6.63. The number of carbonyl (C=O) groups excluding carboxylic acids is 1. The summed E-state index contributed by atoms with van der Waals surface area (Å²) in [4.78, 5) is 13.0. The van der Waals surface area contributed by atoms with Crippen LogP contribution in [0.4, 0.5) is 0 Å². The first-order chi connectivity index (χ1) is 10.8. The summed E-state index contributed by atoms with van der Waals surface area (Å²) in [5.74, 6) is 2.31.